The Bertz CT molecular complexity index is 502. The third-order valence-electron chi connectivity index (χ3n) is 3.84. The monoisotopic (exact) mass is 267 g/mol. The van der Waals surface area contributed by atoms with E-state index in [-0.39, 0.29) is 5.25 Å². The van der Waals surface area contributed by atoms with E-state index in [0.717, 1.165) is 31.2 Å². The molecule has 1 saturated carbocycles. The number of sulfone groups is 1. The van der Waals surface area contributed by atoms with Crippen LogP contribution in [0.5, 0.6) is 0 Å². The number of hydrogen-bond acceptors (Lipinski definition) is 3. The van der Waals surface area contributed by atoms with Gasteiger partial charge in [-0.3, -0.25) is 0 Å². The fourth-order valence-corrected chi connectivity index (χ4v) is 4.54. The minimum atomic E-state index is -3.14. The van der Waals surface area contributed by atoms with Crippen molar-refractivity contribution in [1.82, 2.24) is 5.32 Å². The predicted molar refractivity (Wildman–Crippen MR) is 73.5 cm³/mol. The van der Waals surface area contributed by atoms with Gasteiger partial charge in [0.1, 0.15) is 0 Å². The molecule has 0 aliphatic heterocycles. The fraction of sp³-hybridized carbons (Fsp3) is 0.571. The SMILES string of the molecule is CNC1CCC(S(=O)(=O)c2cccc(C)c2)CC1. The molecule has 1 aliphatic rings. The highest BCUT2D eigenvalue weighted by molar-refractivity contribution is 7.92. The molecule has 0 bridgehead atoms. The average Bonchev–Trinajstić information content (AvgIpc) is 2.39. The van der Waals surface area contributed by atoms with Crippen LogP contribution in [-0.4, -0.2) is 26.8 Å². The van der Waals surface area contributed by atoms with Gasteiger partial charge in [-0.05, 0) is 57.4 Å². The molecule has 2 rings (SSSR count). The first-order valence-electron chi connectivity index (χ1n) is 6.52. The molecule has 0 radical (unpaired) electrons. The second-order valence-corrected chi connectivity index (χ2v) is 7.35. The van der Waals surface area contributed by atoms with E-state index in [1.165, 1.54) is 0 Å². The molecule has 0 heterocycles. The van der Waals surface area contributed by atoms with Crippen LogP contribution < -0.4 is 5.32 Å². The normalized spacial score (nSPS) is 25.0. The molecule has 1 aromatic rings. The maximum atomic E-state index is 12.5. The number of aryl methyl sites for hydroxylation is 1. The lowest BCUT2D eigenvalue weighted by Crippen LogP contribution is -2.35. The first kappa shape index (κ1) is 13.6. The number of rotatable bonds is 3. The van der Waals surface area contributed by atoms with E-state index in [2.05, 4.69) is 5.32 Å². The van der Waals surface area contributed by atoms with Crippen molar-refractivity contribution in [2.45, 2.75) is 48.8 Å². The summed E-state index contributed by atoms with van der Waals surface area (Å²) in [6.07, 6.45) is 3.43. The van der Waals surface area contributed by atoms with Gasteiger partial charge in [0.15, 0.2) is 9.84 Å². The molecule has 4 heteroatoms. The van der Waals surface area contributed by atoms with Crippen LogP contribution in [0.25, 0.3) is 0 Å². The van der Waals surface area contributed by atoms with Crippen molar-refractivity contribution in [3.63, 3.8) is 0 Å². The van der Waals surface area contributed by atoms with Gasteiger partial charge in [-0.2, -0.15) is 0 Å². The zero-order chi connectivity index (χ0) is 13.2. The smallest absolute Gasteiger partial charge is 0.181 e. The standard InChI is InChI=1S/C14H21NO2S/c1-11-4-3-5-14(10-11)18(16,17)13-8-6-12(15-2)7-9-13/h3-5,10,12-13,15H,6-9H2,1-2H3. The lowest BCUT2D eigenvalue weighted by Gasteiger charge is -2.28. The van der Waals surface area contributed by atoms with E-state index >= 15 is 0 Å². The van der Waals surface area contributed by atoms with Crippen LogP contribution in [0, 0.1) is 6.92 Å². The Kier molecular flexibility index (Phi) is 4.07. The lowest BCUT2D eigenvalue weighted by atomic mass is 9.95. The molecule has 100 valence electrons. The molecule has 0 saturated heterocycles. The Morgan fingerprint density at radius 2 is 1.83 bits per heavy atom. The van der Waals surface area contributed by atoms with Crippen molar-refractivity contribution >= 4 is 9.84 Å². The Morgan fingerprint density at radius 1 is 1.17 bits per heavy atom. The molecule has 18 heavy (non-hydrogen) atoms. The van der Waals surface area contributed by atoms with Gasteiger partial charge in [-0.15, -0.1) is 0 Å². The van der Waals surface area contributed by atoms with E-state index in [9.17, 15) is 8.42 Å². The molecule has 0 spiro atoms. The molecule has 0 amide bonds. The fourth-order valence-electron chi connectivity index (χ4n) is 2.65. The second-order valence-electron chi connectivity index (χ2n) is 5.12. The van der Waals surface area contributed by atoms with Crippen molar-refractivity contribution in [3.8, 4) is 0 Å². The summed E-state index contributed by atoms with van der Waals surface area (Å²) in [4.78, 5) is 0.482. The van der Waals surface area contributed by atoms with Crippen LogP contribution >= 0.6 is 0 Å². The second kappa shape index (κ2) is 5.41. The topological polar surface area (TPSA) is 46.2 Å². The van der Waals surface area contributed by atoms with Crippen molar-refractivity contribution in [2.75, 3.05) is 7.05 Å². The van der Waals surface area contributed by atoms with Gasteiger partial charge in [0.2, 0.25) is 0 Å². The summed E-state index contributed by atoms with van der Waals surface area (Å²) in [5, 5.41) is 3.03. The van der Waals surface area contributed by atoms with Gasteiger partial charge >= 0.3 is 0 Å². The van der Waals surface area contributed by atoms with Gasteiger partial charge < -0.3 is 5.32 Å². The summed E-state index contributed by atoms with van der Waals surface area (Å²) in [6, 6.07) is 7.72. The first-order chi connectivity index (χ1) is 8.54. The number of nitrogens with one attached hydrogen (secondary N) is 1. The van der Waals surface area contributed by atoms with Crippen molar-refractivity contribution in [3.05, 3.63) is 29.8 Å². The van der Waals surface area contributed by atoms with Gasteiger partial charge in [-0.1, -0.05) is 12.1 Å². The predicted octanol–water partition coefficient (Wildman–Crippen LogP) is 2.30. The first-order valence-corrected chi connectivity index (χ1v) is 8.06. The molecule has 0 aromatic heterocycles. The van der Waals surface area contributed by atoms with Crippen molar-refractivity contribution in [2.24, 2.45) is 0 Å². The summed E-state index contributed by atoms with van der Waals surface area (Å²) in [7, 11) is -1.20. The molecule has 1 N–H and O–H groups in total. The molecular weight excluding hydrogens is 246 g/mol. The van der Waals surface area contributed by atoms with E-state index in [4.69, 9.17) is 0 Å². The van der Waals surface area contributed by atoms with Crippen LogP contribution in [0.15, 0.2) is 29.2 Å². The summed E-state index contributed by atoms with van der Waals surface area (Å²) in [5.41, 5.74) is 1.000. The van der Waals surface area contributed by atoms with Gasteiger partial charge in [0.25, 0.3) is 0 Å². The number of benzene rings is 1. The van der Waals surface area contributed by atoms with Crippen molar-refractivity contribution < 1.29 is 8.42 Å². The molecule has 1 fully saturated rings. The lowest BCUT2D eigenvalue weighted by molar-refractivity contribution is 0.391. The minimum absolute atomic E-state index is 0.205. The quantitative estimate of drug-likeness (QED) is 0.914. The number of hydrogen-bond donors (Lipinski definition) is 1. The third-order valence-corrected chi connectivity index (χ3v) is 6.10. The zero-order valence-electron chi connectivity index (χ0n) is 11.0. The minimum Gasteiger partial charge on any atom is -0.317 e. The average molecular weight is 267 g/mol. The zero-order valence-corrected chi connectivity index (χ0v) is 11.8. The van der Waals surface area contributed by atoms with Crippen LogP contribution in [0.1, 0.15) is 31.2 Å². The molecule has 3 nitrogen and oxygen atoms in total. The largest absolute Gasteiger partial charge is 0.317 e. The molecule has 0 unspecified atom stereocenters. The van der Waals surface area contributed by atoms with Crippen LogP contribution in [0.2, 0.25) is 0 Å². The summed E-state index contributed by atoms with van der Waals surface area (Å²) < 4.78 is 25.0. The highest BCUT2D eigenvalue weighted by Crippen LogP contribution is 2.29. The molecular formula is C14H21NO2S. The van der Waals surface area contributed by atoms with E-state index in [1.807, 2.05) is 26.1 Å². The van der Waals surface area contributed by atoms with Gasteiger partial charge in [0, 0.05) is 6.04 Å². The van der Waals surface area contributed by atoms with Gasteiger partial charge in [-0.25, -0.2) is 8.42 Å². The van der Waals surface area contributed by atoms with E-state index in [0.29, 0.717) is 10.9 Å². The van der Waals surface area contributed by atoms with Crippen LogP contribution in [0.4, 0.5) is 0 Å². The maximum absolute atomic E-state index is 12.5. The summed E-state index contributed by atoms with van der Waals surface area (Å²) in [6.45, 7) is 1.93. The summed E-state index contributed by atoms with van der Waals surface area (Å²) >= 11 is 0. The Balaban J connectivity index is 2.17. The highest BCUT2D eigenvalue weighted by Gasteiger charge is 2.31. The van der Waals surface area contributed by atoms with Crippen LogP contribution in [0.3, 0.4) is 0 Å². The van der Waals surface area contributed by atoms with E-state index < -0.39 is 9.84 Å². The Morgan fingerprint density at radius 3 is 2.39 bits per heavy atom. The molecule has 1 aromatic carbocycles. The highest BCUT2D eigenvalue weighted by atomic mass is 32.2. The van der Waals surface area contributed by atoms with Gasteiger partial charge in [0.05, 0.1) is 10.1 Å². The van der Waals surface area contributed by atoms with Crippen LogP contribution in [-0.2, 0) is 9.84 Å². The third kappa shape index (κ3) is 2.75. The van der Waals surface area contributed by atoms with E-state index in [1.54, 1.807) is 12.1 Å². The molecule has 0 atom stereocenters. The maximum Gasteiger partial charge on any atom is 0.181 e. The van der Waals surface area contributed by atoms with Crippen molar-refractivity contribution in [1.29, 1.82) is 0 Å². The molecule has 1 aliphatic carbocycles. The Labute approximate surface area is 110 Å². The summed E-state index contributed by atoms with van der Waals surface area (Å²) in [5.74, 6) is 0. The Hall–Kier alpha value is -0.870.